The molecule has 0 heterocycles. The maximum absolute atomic E-state index is 11.4. The van der Waals surface area contributed by atoms with Crippen LogP contribution in [-0.4, -0.2) is 11.8 Å². The van der Waals surface area contributed by atoms with E-state index in [1.54, 1.807) is 31.2 Å². The lowest BCUT2D eigenvalue weighted by atomic mass is 10.2. The molecule has 1 amide bonds. The lowest BCUT2D eigenvalue weighted by Gasteiger charge is -2.06. The first kappa shape index (κ1) is 11.5. The summed E-state index contributed by atoms with van der Waals surface area (Å²) in [4.78, 5) is 16.1. The normalized spacial score (nSPS) is 9.47. The third-order valence-electron chi connectivity index (χ3n) is 1.69. The average molecular weight is 227 g/mol. The first-order valence-electron chi connectivity index (χ1n) is 4.43. The van der Waals surface area contributed by atoms with Crippen LogP contribution < -0.4 is 5.48 Å². The van der Waals surface area contributed by atoms with Gasteiger partial charge in [-0.1, -0.05) is 18.5 Å². The molecule has 0 saturated carbocycles. The van der Waals surface area contributed by atoms with E-state index < -0.39 is 5.91 Å². The number of hydrogen-bond donors (Lipinski definition) is 2. The number of hydroxylamine groups is 1. The van der Waals surface area contributed by atoms with Crippen molar-refractivity contribution in [3.05, 3.63) is 34.9 Å². The number of rotatable bonds is 2. The smallest absolute Gasteiger partial charge is 0.283 e. The van der Waals surface area contributed by atoms with Crippen LogP contribution in [0.1, 0.15) is 23.7 Å². The van der Waals surface area contributed by atoms with Gasteiger partial charge in [0.2, 0.25) is 5.90 Å². The molecular formula is C10H11ClN2O2. The Morgan fingerprint density at radius 3 is 2.60 bits per heavy atom. The molecule has 0 radical (unpaired) electrons. The third-order valence-corrected chi connectivity index (χ3v) is 1.95. The zero-order valence-corrected chi connectivity index (χ0v) is 8.97. The Kier molecular flexibility index (Phi) is 4.12. The maximum atomic E-state index is 11.4. The van der Waals surface area contributed by atoms with E-state index in [2.05, 4.69) is 10.3 Å². The van der Waals surface area contributed by atoms with Crippen molar-refractivity contribution in [2.75, 3.05) is 0 Å². The van der Waals surface area contributed by atoms with Gasteiger partial charge in [0.25, 0.3) is 5.91 Å². The van der Waals surface area contributed by atoms with Gasteiger partial charge in [-0.25, -0.2) is 0 Å². The van der Waals surface area contributed by atoms with Gasteiger partial charge in [-0.15, -0.1) is 0 Å². The molecule has 15 heavy (non-hydrogen) atoms. The number of hydrogen-bond acceptors (Lipinski definition) is 3. The molecule has 5 heteroatoms. The van der Waals surface area contributed by atoms with Crippen LogP contribution in [0.25, 0.3) is 0 Å². The monoisotopic (exact) mass is 226 g/mol. The van der Waals surface area contributed by atoms with Gasteiger partial charge in [0, 0.05) is 17.0 Å². The summed E-state index contributed by atoms with van der Waals surface area (Å²) in [5.41, 5.74) is 2.60. The zero-order valence-electron chi connectivity index (χ0n) is 8.21. The summed E-state index contributed by atoms with van der Waals surface area (Å²) >= 11 is 5.67. The van der Waals surface area contributed by atoms with Crippen molar-refractivity contribution < 1.29 is 9.63 Å². The van der Waals surface area contributed by atoms with Gasteiger partial charge in [0.1, 0.15) is 0 Å². The summed E-state index contributed by atoms with van der Waals surface area (Å²) in [5, 5.41) is 7.73. The molecule has 1 aromatic carbocycles. The molecule has 0 aromatic heterocycles. The van der Waals surface area contributed by atoms with Crippen LogP contribution in [0.3, 0.4) is 0 Å². The second-order valence-electron chi connectivity index (χ2n) is 2.82. The van der Waals surface area contributed by atoms with E-state index in [9.17, 15) is 4.79 Å². The molecular weight excluding hydrogens is 216 g/mol. The summed E-state index contributed by atoms with van der Waals surface area (Å²) in [6, 6.07) is 6.39. The van der Waals surface area contributed by atoms with Crippen molar-refractivity contribution in [2.24, 2.45) is 0 Å². The van der Waals surface area contributed by atoms with Gasteiger partial charge in [-0.05, 0) is 24.3 Å². The van der Waals surface area contributed by atoms with Crippen molar-refractivity contribution >= 4 is 23.4 Å². The van der Waals surface area contributed by atoms with E-state index in [0.29, 0.717) is 17.0 Å². The number of nitrogens with one attached hydrogen (secondary N) is 2. The summed E-state index contributed by atoms with van der Waals surface area (Å²) in [5.74, 6) is -0.387. The minimum atomic E-state index is -0.398. The molecule has 0 aliphatic rings. The first-order chi connectivity index (χ1) is 7.13. The highest BCUT2D eigenvalue weighted by molar-refractivity contribution is 6.30. The van der Waals surface area contributed by atoms with Crippen LogP contribution >= 0.6 is 11.6 Å². The SMILES string of the molecule is CCC(=N)ONC(=O)c1ccc(Cl)cc1. The molecule has 1 aromatic rings. The van der Waals surface area contributed by atoms with E-state index in [-0.39, 0.29) is 5.90 Å². The molecule has 4 nitrogen and oxygen atoms in total. The van der Waals surface area contributed by atoms with Gasteiger partial charge in [0.15, 0.2) is 0 Å². The highest BCUT2D eigenvalue weighted by Gasteiger charge is 2.05. The molecule has 0 aliphatic carbocycles. The van der Waals surface area contributed by atoms with Gasteiger partial charge >= 0.3 is 0 Å². The van der Waals surface area contributed by atoms with Crippen LogP contribution in [-0.2, 0) is 4.84 Å². The van der Waals surface area contributed by atoms with E-state index in [1.165, 1.54) is 0 Å². The van der Waals surface area contributed by atoms with Crippen LogP contribution in [0.5, 0.6) is 0 Å². The molecule has 0 unspecified atom stereocenters. The van der Waals surface area contributed by atoms with Crippen LogP contribution in [0.4, 0.5) is 0 Å². The number of halogens is 1. The fourth-order valence-electron chi connectivity index (χ4n) is 0.840. The van der Waals surface area contributed by atoms with E-state index >= 15 is 0 Å². The van der Waals surface area contributed by atoms with Gasteiger partial charge in [0.05, 0.1) is 0 Å². The van der Waals surface area contributed by atoms with Crippen molar-refractivity contribution in [3.63, 3.8) is 0 Å². The predicted molar refractivity (Wildman–Crippen MR) is 58.0 cm³/mol. The van der Waals surface area contributed by atoms with Gasteiger partial charge in [-0.2, -0.15) is 5.48 Å². The zero-order chi connectivity index (χ0) is 11.3. The largest absolute Gasteiger partial charge is 0.364 e. The first-order valence-corrected chi connectivity index (χ1v) is 4.81. The molecule has 0 aliphatic heterocycles. The number of amides is 1. The van der Waals surface area contributed by atoms with Crippen molar-refractivity contribution in [3.8, 4) is 0 Å². The molecule has 80 valence electrons. The molecule has 1 rings (SSSR count). The second kappa shape index (κ2) is 5.36. The Balaban J connectivity index is 2.54. The Morgan fingerprint density at radius 2 is 2.07 bits per heavy atom. The highest BCUT2D eigenvalue weighted by atomic mass is 35.5. The standard InChI is InChI=1S/C10H11ClN2O2/c1-2-9(12)15-13-10(14)7-3-5-8(11)6-4-7/h3-6,12H,2H2,1H3,(H,13,14). The lowest BCUT2D eigenvalue weighted by molar-refractivity contribution is 0.0727. The van der Waals surface area contributed by atoms with Gasteiger partial charge < -0.3 is 4.84 Å². The fraction of sp³-hybridized carbons (Fsp3) is 0.200. The van der Waals surface area contributed by atoms with E-state index in [4.69, 9.17) is 17.0 Å². The number of carbonyl (C=O) groups is 1. The minimum Gasteiger partial charge on any atom is -0.364 e. The van der Waals surface area contributed by atoms with Crippen LogP contribution in [0.2, 0.25) is 5.02 Å². The fourth-order valence-corrected chi connectivity index (χ4v) is 0.966. The van der Waals surface area contributed by atoms with Crippen molar-refractivity contribution in [1.82, 2.24) is 5.48 Å². The molecule has 0 spiro atoms. The predicted octanol–water partition coefficient (Wildman–Crippen LogP) is 2.39. The van der Waals surface area contributed by atoms with E-state index in [1.807, 2.05) is 0 Å². The Bertz CT molecular complexity index is 362. The van der Waals surface area contributed by atoms with Crippen LogP contribution in [0, 0.1) is 5.41 Å². The lowest BCUT2D eigenvalue weighted by Crippen LogP contribution is -2.26. The summed E-state index contributed by atoms with van der Waals surface area (Å²) in [6.45, 7) is 1.76. The van der Waals surface area contributed by atoms with Crippen LogP contribution in [0.15, 0.2) is 24.3 Å². The Morgan fingerprint density at radius 1 is 1.47 bits per heavy atom. The Labute approximate surface area is 92.7 Å². The van der Waals surface area contributed by atoms with E-state index in [0.717, 1.165) is 0 Å². The molecule has 0 fully saturated rings. The second-order valence-corrected chi connectivity index (χ2v) is 3.25. The summed E-state index contributed by atoms with van der Waals surface area (Å²) in [6.07, 6.45) is 0.431. The number of carbonyl (C=O) groups excluding carboxylic acids is 1. The highest BCUT2D eigenvalue weighted by Crippen LogP contribution is 2.09. The molecule has 0 atom stereocenters. The third kappa shape index (κ3) is 3.59. The summed E-state index contributed by atoms with van der Waals surface area (Å²) < 4.78 is 0. The summed E-state index contributed by atoms with van der Waals surface area (Å²) in [7, 11) is 0. The van der Waals surface area contributed by atoms with Crippen molar-refractivity contribution in [2.45, 2.75) is 13.3 Å². The minimum absolute atomic E-state index is 0.0114. The molecule has 2 N–H and O–H groups in total. The maximum Gasteiger partial charge on any atom is 0.283 e. The number of benzene rings is 1. The Hall–Kier alpha value is -1.55. The quantitative estimate of drug-likeness (QED) is 0.462. The molecule has 0 bridgehead atoms. The molecule has 0 saturated heterocycles. The topological polar surface area (TPSA) is 62.2 Å². The average Bonchev–Trinajstić information content (AvgIpc) is 2.26. The van der Waals surface area contributed by atoms with Crippen molar-refractivity contribution in [1.29, 1.82) is 5.41 Å². The van der Waals surface area contributed by atoms with Gasteiger partial charge in [-0.3, -0.25) is 10.2 Å².